The van der Waals surface area contributed by atoms with Crippen molar-refractivity contribution in [3.8, 4) is 5.75 Å². The Morgan fingerprint density at radius 1 is 1.29 bits per heavy atom. The molecule has 3 aromatic rings. The van der Waals surface area contributed by atoms with Gasteiger partial charge in [0.25, 0.3) is 5.91 Å². The highest BCUT2D eigenvalue weighted by Gasteiger charge is 2.28. The summed E-state index contributed by atoms with van der Waals surface area (Å²) in [6, 6.07) is 9.87. The van der Waals surface area contributed by atoms with Gasteiger partial charge in [0.15, 0.2) is 5.82 Å². The number of hydrogen-bond acceptors (Lipinski definition) is 7. The first kappa shape index (κ1) is 23.9. The lowest BCUT2D eigenvalue weighted by atomic mass is 10.1. The highest BCUT2D eigenvalue weighted by Crippen LogP contribution is 2.31. The quantitative estimate of drug-likeness (QED) is 0.478. The minimum Gasteiger partial charge on any atom is -0.486 e. The van der Waals surface area contributed by atoms with Crippen molar-refractivity contribution < 1.29 is 9.53 Å². The highest BCUT2D eigenvalue weighted by atomic mass is 32.1. The number of carbonyl (C=O) groups excluding carboxylic acids is 1. The lowest BCUT2D eigenvalue weighted by Crippen LogP contribution is -2.33. The van der Waals surface area contributed by atoms with Gasteiger partial charge in [-0.15, -0.1) is 0 Å². The number of rotatable bonds is 9. The average Bonchev–Trinajstić information content (AvgIpc) is 3.36. The summed E-state index contributed by atoms with van der Waals surface area (Å²) < 4.78 is 6.39. The summed E-state index contributed by atoms with van der Waals surface area (Å²) in [7, 11) is 3.90. The van der Waals surface area contributed by atoms with Crippen LogP contribution in [0.2, 0.25) is 0 Å². The number of benzene rings is 1. The van der Waals surface area contributed by atoms with Crippen molar-refractivity contribution in [2.75, 3.05) is 43.5 Å². The van der Waals surface area contributed by atoms with Gasteiger partial charge in [0, 0.05) is 50.1 Å². The molecule has 0 spiro atoms. The van der Waals surface area contributed by atoms with Crippen molar-refractivity contribution in [3.05, 3.63) is 70.3 Å². The average molecular weight is 478 g/mol. The molecule has 0 aliphatic carbocycles. The number of amides is 1. The van der Waals surface area contributed by atoms with Crippen LogP contribution < -0.4 is 19.9 Å². The second-order valence-corrected chi connectivity index (χ2v) is 8.99. The van der Waals surface area contributed by atoms with Crippen molar-refractivity contribution in [1.82, 2.24) is 15.3 Å². The number of aromatic nitrogens is 2. The molecular weight excluding hydrogens is 446 g/mol. The van der Waals surface area contributed by atoms with Gasteiger partial charge >= 0.3 is 0 Å². The smallest absolute Gasteiger partial charge is 0.263 e. The molecule has 1 unspecified atom stereocenters. The topological polar surface area (TPSA) is 70.6 Å². The zero-order chi connectivity index (χ0) is 23.9. The molecule has 0 bridgehead atoms. The van der Waals surface area contributed by atoms with Gasteiger partial charge < -0.3 is 19.9 Å². The molecule has 1 aliphatic rings. The van der Waals surface area contributed by atoms with E-state index in [9.17, 15) is 4.79 Å². The van der Waals surface area contributed by atoms with Crippen LogP contribution in [0.15, 0.2) is 53.4 Å². The van der Waals surface area contributed by atoms with Gasteiger partial charge in [0.05, 0.1) is 0 Å². The van der Waals surface area contributed by atoms with Crippen LogP contribution in [-0.2, 0) is 0 Å². The third-order valence-electron chi connectivity index (χ3n) is 5.77. The number of thiophene rings is 1. The van der Waals surface area contributed by atoms with E-state index in [-0.39, 0.29) is 12.0 Å². The molecule has 1 atom stereocenters. The summed E-state index contributed by atoms with van der Waals surface area (Å²) in [6.45, 7) is 4.12. The maximum atomic E-state index is 13.5. The Balaban J connectivity index is 1.59. The van der Waals surface area contributed by atoms with Crippen LogP contribution >= 0.6 is 11.3 Å². The number of carbonyl (C=O) groups is 1. The minimum atomic E-state index is -0.105. The van der Waals surface area contributed by atoms with Crippen molar-refractivity contribution in [3.63, 3.8) is 0 Å². The molecule has 178 valence electrons. The Morgan fingerprint density at radius 3 is 2.94 bits per heavy atom. The summed E-state index contributed by atoms with van der Waals surface area (Å²) in [5.41, 5.74) is 2.47. The highest BCUT2D eigenvalue weighted by molar-refractivity contribution is 7.07. The van der Waals surface area contributed by atoms with E-state index in [2.05, 4.69) is 39.0 Å². The predicted molar refractivity (Wildman–Crippen MR) is 139 cm³/mol. The molecule has 4 rings (SSSR count). The van der Waals surface area contributed by atoms with Gasteiger partial charge in [0.1, 0.15) is 23.2 Å². The fourth-order valence-electron chi connectivity index (χ4n) is 3.90. The standard InChI is InChI=1S/C26H31N5O2S/c1-4-5-9-24-28-17-22-25(29-24)30(3)13-14-31(26(22)32)20-7-6-8-21(16-20)33-23(10-12-27-2)19-11-15-34-18-19/h5-9,11,15-18,23,27H,4,10,12-14H2,1-3H3/b9-5+. The Labute approximate surface area is 205 Å². The number of nitrogens with one attached hydrogen (secondary N) is 1. The van der Waals surface area contributed by atoms with Crippen LogP contribution in [0.3, 0.4) is 0 Å². The van der Waals surface area contributed by atoms with E-state index in [0.29, 0.717) is 30.3 Å². The predicted octanol–water partition coefficient (Wildman–Crippen LogP) is 4.79. The molecule has 0 saturated heterocycles. The zero-order valence-electron chi connectivity index (χ0n) is 19.9. The zero-order valence-corrected chi connectivity index (χ0v) is 20.7. The summed E-state index contributed by atoms with van der Waals surface area (Å²) >= 11 is 1.67. The van der Waals surface area contributed by atoms with E-state index in [1.165, 1.54) is 0 Å². The van der Waals surface area contributed by atoms with E-state index in [1.54, 1.807) is 22.4 Å². The molecule has 34 heavy (non-hydrogen) atoms. The van der Waals surface area contributed by atoms with E-state index in [4.69, 9.17) is 4.74 Å². The summed E-state index contributed by atoms with van der Waals surface area (Å²) in [5, 5.41) is 7.39. The largest absolute Gasteiger partial charge is 0.486 e. The minimum absolute atomic E-state index is 0.0522. The summed E-state index contributed by atoms with van der Waals surface area (Å²) in [4.78, 5) is 26.4. The van der Waals surface area contributed by atoms with Gasteiger partial charge in [0.2, 0.25) is 0 Å². The maximum Gasteiger partial charge on any atom is 0.263 e. The lowest BCUT2D eigenvalue weighted by molar-refractivity contribution is 0.0989. The van der Waals surface area contributed by atoms with E-state index in [1.807, 2.05) is 55.4 Å². The van der Waals surface area contributed by atoms with Crippen LogP contribution in [0.1, 0.15) is 47.6 Å². The molecule has 7 nitrogen and oxygen atoms in total. The first-order valence-electron chi connectivity index (χ1n) is 11.6. The molecule has 3 heterocycles. The molecule has 0 fully saturated rings. The molecule has 1 aromatic carbocycles. The molecule has 0 saturated carbocycles. The van der Waals surface area contributed by atoms with Gasteiger partial charge in [-0.2, -0.15) is 11.3 Å². The number of hydrogen-bond donors (Lipinski definition) is 1. The van der Waals surface area contributed by atoms with Crippen molar-refractivity contribution in [2.45, 2.75) is 25.9 Å². The number of nitrogens with zero attached hydrogens (tertiary/aromatic N) is 4. The monoisotopic (exact) mass is 477 g/mol. The lowest BCUT2D eigenvalue weighted by Gasteiger charge is -2.23. The molecule has 8 heteroatoms. The Hall–Kier alpha value is -3.23. The number of ether oxygens (including phenoxy) is 1. The van der Waals surface area contributed by atoms with Crippen LogP contribution in [0.25, 0.3) is 6.08 Å². The van der Waals surface area contributed by atoms with Gasteiger partial charge in [-0.05, 0) is 55.0 Å². The number of fused-ring (bicyclic) bond motifs is 1. The second-order valence-electron chi connectivity index (χ2n) is 8.21. The Kier molecular flexibility index (Phi) is 7.92. The molecule has 1 N–H and O–H groups in total. The molecule has 2 aromatic heterocycles. The van der Waals surface area contributed by atoms with Crippen LogP contribution in [0.4, 0.5) is 11.5 Å². The molecule has 1 amide bonds. The number of likely N-dealkylation sites (N-methyl/N-ethyl adjacent to an activating group) is 1. The fourth-order valence-corrected chi connectivity index (χ4v) is 4.60. The first-order chi connectivity index (χ1) is 16.6. The Morgan fingerprint density at radius 2 is 2.18 bits per heavy atom. The van der Waals surface area contributed by atoms with E-state index >= 15 is 0 Å². The van der Waals surface area contributed by atoms with Crippen molar-refractivity contribution in [1.29, 1.82) is 0 Å². The molecular formula is C26H31N5O2S. The SMILES string of the molecule is CC/C=C/c1ncc2c(n1)N(C)CCN(c1cccc(OC(CCNC)c3ccsc3)c1)C2=O. The molecule has 0 radical (unpaired) electrons. The fraction of sp³-hybridized carbons (Fsp3) is 0.346. The van der Waals surface area contributed by atoms with Crippen LogP contribution in [-0.4, -0.2) is 49.6 Å². The summed E-state index contributed by atoms with van der Waals surface area (Å²) in [6.07, 6.45) is 7.25. The second kappa shape index (κ2) is 11.3. The van der Waals surface area contributed by atoms with Crippen LogP contribution in [0.5, 0.6) is 5.75 Å². The third kappa shape index (κ3) is 5.46. The van der Waals surface area contributed by atoms with Crippen molar-refractivity contribution >= 4 is 34.8 Å². The number of anilines is 2. The Bertz CT molecular complexity index is 1130. The van der Waals surface area contributed by atoms with E-state index < -0.39 is 0 Å². The van der Waals surface area contributed by atoms with Gasteiger partial charge in [-0.1, -0.05) is 19.1 Å². The van der Waals surface area contributed by atoms with E-state index in [0.717, 1.165) is 36.4 Å². The third-order valence-corrected chi connectivity index (χ3v) is 6.47. The van der Waals surface area contributed by atoms with Crippen molar-refractivity contribution in [2.24, 2.45) is 0 Å². The number of allylic oxidation sites excluding steroid dienone is 1. The molecule has 1 aliphatic heterocycles. The normalized spacial score (nSPS) is 14.9. The van der Waals surface area contributed by atoms with Gasteiger partial charge in [-0.3, -0.25) is 4.79 Å². The summed E-state index contributed by atoms with van der Waals surface area (Å²) in [5.74, 6) is 1.92. The van der Waals surface area contributed by atoms with Crippen LogP contribution in [0, 0.1) is 0 Å². The first-order valence-corrected chi connectivity index (χ1v) is 12.5. The maximum absolute atomic E-state index is 13.5. The van der Waals surface area contributed by atoms with Gasteiger partial charge in [-0.25, -0.2) is 9.97 Å².